The van der Waals surface area contributed by atoms with Crippen molar-refractivity contribution in [2.24, 2.45) is 0 Å². The van der Waals surface area contributed by atoms with Crippen LogP contribution in [0.3, 0.4) is 0 Å². The number of amides is 1. The highest BCUT2D eigenvalue weighted by atomic mass is 16.5. The normalized spacial score (nSPS) is 17.5. The van der Waals surface area contributed by atoms with Crippen molar-refractivity contribution in [2.45, 2.75) is 39.3 Å². The number of aromatic nitrogens is 3. The number of carbonyl (C=O) groups excluding carboxylic acids is 1. The van der Waals surface area contributed by atoms with E-state index < -0.39 is 0 Å². The molecule has 1 saturated heterocycles. The zero-order chi connectivity index (χ0) is 20.3. The predicted molar refractivity (Wildman–Crippen MR) is 108 cm³/mol. The van der Waals surface area contributed by atoms with E-state index in [4.69, 9.17) is 4.74 Å². The smallest absolute Gasteiger partial charge is 0.288 e. The highest BCUT2D eigenvalue weighted by Gasteiger charge is 2.27. The number of hydrogen-bond donors (Lipinski definition) is 2. The molecule has 0 spiro atoms. The number of ether oxygens (including phenoxy) is 1. The van der Waals surface area contributed by atoms with Crippen LogP contribution < -0.4 is 20.3 Å². The van der Waals surface area contributed by atoms with E-state index in [0.717, 1.165) is 42.1 Å². The van der Waals surface area contributed by atoms with Gasteiger partial charge < -0.3 is 20.3 Å². The molecule has 8 heteroatoms. The van der Waals surface area contributed by atoms with Crippen LogP contribution in [0.5, 0.6) is 5.88 Å². The van der Waals surface area contributed by atoms with Gasteiger partial charge in [-0.25, -0.2) is 15.0 Å². The third kappa shape index (κ3) is 4.22. The topological polar surface area (TPSA) is 92.3 Å². The highest BCUT2D eigenvalue weighted by molar-refractivity contribution is 5.90. The van der Waals surface area contributed by atoms with E-state index in [1.54, 1.807) is 20.4 Å². The number of pyridine rings is 1. The average Bonchev–Trinajstić information content (AvgIpc) is 3.17. The Balaban J connectivity index is 1.71. The molecule has 1 unspecified atom stereocenters. The van der Waals surface area contributed by atoms with Crippen LogP contribution in [0, 0.1) is 13.8 Å². The van der Waals surface area contributed by atoms with Gasteiger partial charge in [-0.05, 0) is 38.8 Å². The number of anilines is 1. The van der Waals surface area contributed by atoms with Crippen LogP contribution in [0.1, 0.15) is 46.8 Å². The van der Waals surface area contributed by atoms with Gasteiger partial charge in [0.05, 0.1) is 7.11 Å². The van der Waals surface area contributed by atoms with Gasteiger partial charge in [0.25, 0.3) is 5.91 Å². The van der Waals surface area contributed by atoms with E-state index in [1.165, 1.54) is 0 Å². The second-order valence-corrected chi connectivity index (χ2v) is 7.11. The van der Waals surface area contributed by atoms with Gasteiger partial charge in [-0.2, -0.15) is 0 Å². The minimum atomic E-state index is -0.265. The maximum Gasteiger partial charge on any atom is 0.288 e. The summed E-state index contributed by atoms with van der Waals surface area (Å²) in [5.74, 6) is 1.41. The Hall–Kier alpha value is -2.74. The molecule has 0 radical (unpaired) electrons. The Labute approximate surface area is 165 Å². The van der Waals surface area contributed by atoms with Crippen molar-refractivity contribution in [1.82, 2.24) is 25.6 Å². The molecule has 1 aliphatic rings. The fraction of sp³-hybridized carbons (Fsp3) is 0.500. The van der Waals surface area contributed by atoms with Crippen LogP contribution in [0.25, 0.3) is 0 Å². The first-order chi connectivity index (χ1) is 13.4. The van der Waals surface area contributed by atoms with Crippen LogP contribution in [0.2, 0.25) is 0 Å². The van der Waals surface area contributed by atoms with E-state index in [-0.39, 0.29) is 17.8 Å². The molecular weight excluding hydrogens is 356 g/mol. The van der Waals surface area contributed by atoms with Crippen LogP contribution in [-0.2, 0) is 0 Å². The van der Waals surface area contributed by atoms with Crippen LogP contribution in [0.15, 0.2) is 18.3 Å². The second-order valence-electron chi connectivity index (χ2n) is 7.11. The van der Waals surface area contributed by atoms with Gasteiger partial charge >= 0.3 is 0 Å². The maximum absolute atomic E-state index is 12.0. The highest BCUT2D eigenvalue weighted by Crippen LogP contribution is 2.25. The lowest BCUT2D eigenvalue weighted by atomic mass is 10.1. The lowest BCUT2D eigenvalue weighted by Crippen LogP contribution is -2.35. The van der Waals surface area contributed by atoms with E-state index in [1.807, 2.05) is 26.0 Å². The summed E-state index contributed by atoms with van der Waals surface area (Å²) in [6.45, 7) is 7.77. The minimum Gasteiger partial charge on any atom is -0.481 e. The van der Waals surface area contributed by atoms with Crippen LogP contribution in [0.4, 0.5) is 5.82 Å². The van der Waals surface area contributed by atoms with Gasteiger partial charge in [-0.3, -0.25) is 4.79 Å². The molecule has 28 heavy (non-hydrogen) atoms. The molecule has 0 saturated carbocycles. The molecule has 3 heterocycles. The Morgan fingerprint density at radius 1 is 1.36 bits per heavy atom. The summed E-state index contributed by atoms with van der Waals surface area (Å²) in [7, 11) is 3.21. The Morgan fingerprint density at radius 3 is 2.86 bits per heavy atom. The molecule has 0 aliphatic carbocycles. The van der Waals surface area contributed by atoms with Crippen molar-refractivity contribution in [3.8, 4) is 5.88 Å². The third-order valence-electron chi connectivity index (χ3n) is 5.24. The summed E-state index contributed by atoms with van der Waals surface area (Å²) < 4.78 is 5.22. The van der Waals surface area contributed by atoms with Crippen molar-refractivity contribution in [1.29, 1.82) is 0 Å². The summed E-state index contributed by atoms with van der Waals surface area (Å²) in [5.41, 5.74) is 2.98. The lowest BCUT2D eigenvalue weighted by molar-refractivity contribution is 0.0952. The van der Waals surface area contributed by atoms with E-state index in [9.17, 15) is 4.79 Å². The molecule has 0 bridgehead atoms. The molecule has 2 N–H and O–H groups in total. The van der Waals surface area contributed by atoms with Gasteiger partial charge in [0.15, 0.2) is 0 Å². The first kappa shape index (κ1) is 20.0. The molecule has 1 amide bonds. The molecule has 150 valence electrons. The van der Waals surface area contributed by atoms with Gasteiger partial charge in [0.2, 0.25) is 11.7 Å². The molecule has 2 aromatic heterocycles. The zero-order valence-electron chi connectivity index (χ0n) is 17.1. The summed E-state index contributed by atoms with van der Waals surface area (Å²) in [4.78, 5) is 27.2. The molecule has 0 aromatic carbocycles. The molecule has 2 atom stereocenters. The number of methoxy groups -OCH3 is 1. The first-order valence-electron chi connectivity index (χ1n) is 9.51. The minimum absolute atomic E-state index is 0.177. The predicted octanol–water partition coefficient (Wildman–Crippen LogP) is 1.79. The maximum atomic E-state index is 12.0. The van der Waals surface area contributed by atoms with Crippen LogP contribution >= 0.6 is 0 Å². The van der Waals surface area contributed by atoms with Crippen molar-refractivity contribution in [3.05, 3.63) is 41.0 Å². The average molecular weight is 384 g/mol. The standard InChI is InChI=1S/C20H28N6O2/c1-12-13(2)24-18(20(27)21-4)25-19(12)26-9-7-16(11-26)23-14(3)15-6-8-22-17(10-15)28-5/h6,8,10,14,16,23H,7,9,11H2,1-5H3,(H,21,27)/t14?,16-/m1/s1. The SMILES string of the molecule is CNC(=O)c1nc(C)c(C)c(N2CC[C@@H](NC(C)c3ccnc(OC)c3)C2)n1. The quantitative estimate of drug-likeness (QED) is 0.784. The zero-order valence-corrected chi connectivity index (χ0v) is 17.1. The molecular formula is C20H28N6O2. The molecule has 3 rings (SSSR count). The second kappa shape index (κ2) is 8.52. The fourth-order valence-corrected chi connectivity index (χ4v) is 3.48. The summed E-state index contributed by atoms with van der Waals surface area (Å²) in [5, 5.41) is 6.28. The number of rotatable bonds is 6. The largest absolute Gasteiger partial charge is 0.481 e. The number of nitrogens with one attached hydrogen (secondary N) is 2. The molecule has 8 nitrogen and oxygen atoms in total. The third-order valence-corrected chi connectivity index (χ3v) is 5.24. The number of carbonyl (C=O) groups is 1. The Bertz CT molecular complexity index is 857. The number of nitrogens with zero attached hydrogens (tertiary/aromatic N) is 4. The Kier molecular flexibility index (Phi) is 6.08. The van der Waals surface area contributed by atoms with Gasteiger partial charge in [-0.15, -0.1) is 0 Å². The van der Waals surface area contributed by atoms with Crippen molar-refractivity contribution >= 4 is 11.7 Å². The monoisotopic (exact) mass is 384 g/mol. The van der Waals surface area contributed by atoms with Gasteiger partial charge in [-0.1, -0.05) is 0 Å². The van der Waals surface area contributed by atoms with Crippen molar-refractivity contribution in [3.63, 3.8) is 0 Å². The summed E-state index contributed by atoms with van der Waals surface area (Å²) in [6, 6.07) is 4.46. The fourth-order valence-electron chi connectivity index (χ4n) is 3.48. The molecule has 1 aliphatic heterocycles. The van der Waals surface area contributed by atoms with Crippen molar-refractivity contribution < 1.29 is 9.53 Å². The van der Waals surface area contributed by atoms with Gasteiger partial charge in [0.1, 0.15) is 5.82 Å². The van der Waals surface area contributed by atoms with Crippen molar-refractivity contribution in [2.75, 3.05) is 32.1 Å². The first-order valence-corrected chi connectivity index (χ1v) is 9.51. The van der Waals surface area contributed by atoms with E-state index in [2.05, 4.69) is 37.4 Å². The molecule has 1 fully saturated rings. The lowest BCUT2D eigenvalue weighted by Gasteiger charge is -2.23. The Morgan fingerprint density at radius 2 is 2.14 bits per heavy atom. The van der Waals surface area contributed by atoms with E-state index >= 15 is 0 Å². The molecule has 2 aromatic rings. The summed E-state index contributed by atoms with van der Waals surface area (Å²) in [6.07, 6.45) is 2.77. The number of hydrogen-bond acceptors (Lipinski definition) is 7. The van der Waals surface area contributed by atoms with E-state index in [0.29, 0.717) is 11.9 Å². The van der Waals surface area contributed by atoms with Gasteiger partial charge in [0, 0.05) is 55.7 Å². The van der Waals surface area contributed by atoms with Crippen LogP contribution in [-0.4, -0.2) is 54.1 Å². The number of aryl methyl sites for hydroxylation is 1. The summed E-state index contributed by atoms with van der Waals surface area (Å²) >= 11 is 0.